The second kappa shape index (κ2) is 5.79. The van der Waals surface area contributed by atoms with Gasteiger partial charge in [0.15, 0.2) is 6.21 Å². The Bertz CT molecular complexity index is 686. The number of nitrogens with zero attached hydrogens (tertiary/aromatic N) is 2. The molecular formula is C17H16N2O2. The molecule has 2 aromatic carbocycles. The van der Waals surface area contributed by atoms with Crippen molar-refractivity contribution in [3.8, 4) is 0 Å². The van der Waals surface area contributed by atoms with Crippen LogP contribution in [0.25, 0.3) is 0 Å². The van der Waals surface area contributed by atoms with Crippen molar-refractivity contribution in [2.45, 2.75) is 6.92 Å². The minimum absolute atomic E-state index is 0.581. The van der Waals surface area contributed by atoms with Crippen LogP contribution >= 0.6 is 0 Å². The zero-order chi connectivity index (χ0) is 14.7. The van der Waals surface area contributed by atoms with Gasteiger partial charge in [0.2, 0.25) is 11.6 Å². The van der Waals surface area contributed by atoms with E-state index in [2.05, 4.69) is 4.99 Å². The molecule has 0 bridgehead atoms. The van der Waals surface area contributed by atoms with Crippen molar-refractivity contribution in [3.63, 3.8) is 0 Å². The molecule has 1 aliphatic rings. The molecule has 0 fully saturated rings. The maximum atomic E-state index is 12.1. The number of hydrogen-bond acceptors (Lipinski definition) is 3. The Hall–Kier alpha value is -2.62. The Morgan fingerprint density at radius 2 is 1.81 bits per heavy atom. The first-order valence-electron chi connectivity index (χ1n) is 6.88. The largest absolute Gasteiger partial charge is 0.618 e. The maximum absolute atomic E-state index is 12.1. The van der Waals surface area contributed by atoms with Crippen molar-refractivity contribution >= 4 is 17.8 Å². The molecule has 0 N–H and O–H groups in total. The highest BCUT2D eigenvalue weighted by Crippen LogP contribution is 2.15. The summed E-state index contributed by atoms with van der Waals surface area (Å²) in [5.41, 5.74) is 3.53. The van der Waals surface area contributed by atoms with Crippen molar-refractivity contribution in [2.24, 2.45) is 4.99 Å². The molecule has 0 aliphatic carbocycles. The SMILES string of the molecule is Cc1ccc(C=[N+]([O-])c2ccc(C3=NCCO3)cc2)cc1. The van der Waals surface area contributed by atoms with Gasteiger partial charge in [0.25, 0.3) is 0 Å². The summed E-state index contributed by atoms with van der Waals surface area (Å²) in [6, 6.07) is 15.1. The first-order valence-corrected chi connectivity index (χ1v) is 6.88. The first-order chi connectivity index (χ1) is 10.2. The number of aryl methyl sites for hydroxylation is 1. The van der Waals surface area contributed by atoms with E-state index >= 15 is 0 Å². The lowest BCUT2D eigenvalue weighted by Gasteiger charge is -2.05. The lowest BCUT2D eigenvalue weighted by Crippen LogP contribution is -2.02. The molecule has 0 radical (unpaired) electrons. The zero-order valence-corrected chi connectivity index (χ0v) is 11.8. The predicted molar refractivity (Wildman–Crippen MR) is 83.4 cm³/mol. The van der Waals surface area contributed by atoms with E-state index in [0.717, 1.165) is 15.9 Å². The molecule has 0 amide bonds. The normalized spacial score (nSPS) is 14.7. The molecule has 4 heteroatoms. The summed E-state index contributed by atoms with van der Waals surface area (Å²) in [6.07, 6.45) is 1.57. The number of hydrogen-bond donors (Lipinski definition) is 0. The standard InChI is InChI=1S/C17H16N2O2/c1-13-2-4-14(5-3-13)12-19(20)16-8-6-15(7-9-16)17-18-10-11-21-17/h2-9,12H,10-11H2,1H3. The smallest absolute Gasteiger partial charge is 0.216 e. The van der Waals surface area contributed by atoms with Crippen LogP contribution in [0.15, 0.2) is 53.5 Å². The highest BCUT2D eigenvalue weighted by Gasteiger charge is 2.11. The van der Waals surface area contributed by atoms with Gasteiger partial charge in [-0.1, -0.05) is 17.7 Å². The number of rotatable bonds is 3. The van der Waals surface area contributed by atoms with Crippen molar-refractivity contribution in [1.29, 1.82) is 0 Å². The predicted octanol–water partition coefficient (Wildman–Crippen LogP) is 3.03. The van der Waals surface area contributed by atoms with Gasteiger partial charge in [-0.25, -0.2) is 4.99 Å². The molecule has 21 heavy (non-hydrogen) atoms. The minimum atomic E-state index is 0.581. The fourth-order valence-corrected chi connectivity index (χ4v) is 2.12. The molecule has 106 valence electrons. The number of benzene rings is 2. The van der Waals surface area contributed by atoms with Gasteiger partial charge in [-0.15, -0.1) is 0 Å². The fourth-order valence-electron chi connectivity index (χ4n) is 2.12. The van der Waals surface area contributed by atoms with E-state index in [1.54, 1.807) is 18.3 Å². The van der Waals surface area contributed by atoms with Crippen molar-refractivity contribution in [3.05, 3.63) is 70.4 Å². The Morgan fingerprint density at radius 1 is 1.10 bits per heavy atom. The minimum Gasteiger partial charge on any atom is -0.618 e. The first kappa shape index (κ1) is 13.4. The van der Waals surface area contributed by atoms with E-state index in [-0.39, 0.29) is 0 Å². The summed E-state index contributed by atoms with van der Waals surface area (Å²) in [4.78, 5) is 4.25. The van der Waals surface area contributed by atoms with Gasteiger partial charge in [-0.05, 0) is 31.2 Å². The van der Waals surface area contributed by atoms with Gasteiger partial charge < -0.3 is 9.94 Å². The Balaban J connectivity index is 1.81. The molecule has 4 nitrogen and oxygen atoms in total. The van der Waals surface area contributed by atoms with Crippen molar-refractivity contribution in [1.82, 2.24) is 0 Å². The molecule has 0 atom stereocenters. The van der Waals surface area contributed by atoms with Crippen molar-refractivity contribution in [2.75, 3.05) is 13.2 Å². The van der Waals surface area contributed by atoms with Crippen LogP contribution in [-0.2, 0) is 4.74 Å². The molecule has 0 aromatic heterocycles. The van der Waals surface area contributed by atoms with Crippen LogP contribution in [0.1, 0.15) is 16.7 Å². The Kier molecular flexibility index (Phi) is 3.69. The summed E-state index contributed by atoms with van der Waals surface area (Å²) >= 11 is 0. The van der Waals surface area contributed by atoms with E-state index < -0.39 is 0 Å². The van der Waals surface area contributed by atoms with Gasteiger partial charge in [0.05, 0.1) is 6.54 Å². The summed E-state index contributed by atoms with van der Waals surface area (Å²) in [7, 11) is 0. The summed E-state index contributed by atoms with van der Waals surface area (Å²) in [6.45, 7) is 3.35. The van der Waals surface area contributed by atoms with Crippen LogP contribution in [0.2, 0.25) is 0 Å². The van der Waals surface area contributed by atoms with Gasteiger partial charge in [-0.3, -0.25) is 0 Å². The summed E-state index contributed by atoms with van der Waals surface area (Å²) in [5.74, 6) is 0.654. The quantitative estimate of drug-likeness (QED) is 0.375. The lowest BCUT2D eigenvalue weighted by atomic mass is 10.1. The summed E-state index contributed by atoms with van der Waals surface area (Å²) < 4.78 is 6.26. The van der Waals surface area contributed by atoms with Crippen LogP contribution < -0.4 is 0 Å². The molecule has 0 saturated carbocycles. The molecular weight excluding hydrogens is 264 g/mol. The summed E-state index contributed by atoms with van der Waals surface area (Å²) in [5, 5.41) is 12.1. The Morgan fingerprint density at radius 3 is 2.43 bits per heavy atom. The molecule has 1 aliphatic heterocycles. The molecule has 0 spiro atoms. The van der Waals surface area contributed by atoms with E-state index in [0.29, 0.717) is 24.7 Å². The highest BCUT2D eigenvalue weighted by molar-refractivity contribution is 5.95. The van der Waals surface area contributed by atoms with Crippen LogP contribution in [-0.4, -0.2) is 30.0 Å². The van der Waals surface area contributed by atoms with Gasteiger partial charge in [0, 0.05) is 23.3 Å². The average molecular weight is 280 g/mol. The average Bonchev–Trinajstić information content (AvgIpc) is 3.04. The monoisotopic (exact) mass is 280 g/mol. The zero-order valence-electron chi connectivity index (χ0n) is 11.8. The molecule has 1 heterocycles. The van der Waals surface area contributed by atoms with E-state index in [9.17, 15) is 5.21 Å². The Labute approximate surface area is 123 Å². The van der Waals surface area contributed by atoms with Crippen molar-refractivity contribution < 1.29 is 9.48 Å². The topological polar surface area (TPSA) is 47.7 Å². The molecule has 0 saturated heterocycles. The van der Waals surface area contributed by atoms with E-state index in [1.807, 2.05) is 43.3 Å². The number of ether oxygens (including phenoxy) is 1. The molecule has 3 rings (SSSR count). The van der Waals surface area contributed by atoms with Gasteiger partial charge >= 0.3 is 0 Å². The molecule has 2 aromatic rings. The third kappa shape index (κ3) is 3.11. The van der Waals surface area contributed by atoms with Crippen LogP contribution in [0.3, 0.4) is 0 Å². The van der Waals surface area contributed by atoms with E-state index in [1.165, 1.54) is 5.56 Å². The van der Waals surface area contributed by atoms with E-state index in [4.69, 9.17) is 4.74 Å². The second-order valence-electron chi connectivity index (χ2n) is 4.95. The third-order valence-electron chi connectivity index (χ3n) is 3.30. The van der Waals surface area contributed by atoms with Crippen LogP contribution in [0, 0.1) is 12.1 Å². The second-order valence-corrected chi connectivity index (χ2v) is 4.95. The van der Waals surface area contributed by atoms with Gasteiger partial charge in [-0.2, -0.15) is 4.74 Å². The van der Waals surface area contributed by atoms with Gasteiger partial charge in [0.1, 0.15) is 6.61 Å². The fraction of sp³-hybridized carbons (Fsp3) is 0.176. The highest BCUT2D eigenvalue weighted by atomic mass is 16.5. The van der Waals surface area contributed by atoms with Crippen LogP contribution in [0.4, 0.5) is 5.69 Å². The lowest BCUT2D eigenvalue weighted by molar-refractivity contribution is -0.354. The number of aliphatic imine (C=N–C) groups is 1. The maximum Gasteiger partial charge on any atom is 0.216 e. The third-order valence-corrected chi connectivity index (χ3v) is 3.30. The van der Waals surface area contributed by atoms with Crippen LogP contribution in [0.5, 0.6) is 0 Å². The molecule has 0 unspecified atom stereocenters.